The molecule has 0 aliphatic carbocycles. The number of benzene rings is 2. The Morgan fingerprint density at radius 3 is 2.35 bits per heavy atom. The quantitative estimate of drug-likeness (QED) is 0.420. The van der Waals surface area contributed by atoms with Crippen LogP contribution in [0.25, 0.3) is 0 Å². The van der Waals surface area contributed by atoms with Crippen molar-refractivity contribution in [1.82, 2.24) is 9.97 Å². The molecule has 0 aliphatic heterocycles. The highest BCUT2D eigenvalue weighted by Crippen LogP contribution is 2.25. The molecule has 1 heterocycles. The fraction of sp³-hybridized carbons (Fsp3) is 0.105. The maximum absolute atomic E-state index is 12.6. The summed E-state index contributed by atoms with van der Waals surface area (Å²) in [6.07, 6.45) is 0. The van der Waals surface area contributed by atoms with Crippen LogP contribution in [-0.2, 0) is 10.0 Å². The normalized spacial score (nSPS) is 11.1. The lowest BCUT2D eigenvalue weighted by Crippen LogP contribution is -2.15. The molecule has 0 spiro atoms. The third kappa shape index (κ3) is 5.32. The molecule has 1 aromatic heterocycles. The van der Waals surface area contributed by atoms with Gasteiger partial charge in [-0.1, -0.05) is 11.6 Å². The first-order valence-electron chi connectivity index (χ1n) is 8.75. The molecule has 2 N–H and O–H groups in total. The van der Waals surface area contributed by atoms with Crippen molar-refractivity contribution in [3.63, 3.8) is 0 Å². The number of amides is 1. The molecule has 10 nitrogen and oxygen atoms in total. The van der Waals surface area contributed by atoms with Gasteiger partial charge < -0.3 is 5.32 Å². The molecule has 0 atom stereocenters. The van der Waals surface area contributed by atoms with Crippen LogP contribution >= 0.6 is 11.6 Å². The van der Waals surface area contributed by atoms with Crippen molar-refractivity contribution in [2.75, 3.05) is 10.0 Å². The molecule has 12 heteroatoms. The molecule has 0 radical (unpaired) electrons. The van der Waals surface area contributed by atoms with Gasteiger partial charge in [-0.2, -0.15) is 0 Å². The number of halogens is 1. The van der Waals surface area contributed by atoms with E-state index >= 15 is 0 Å². The van der Waals surface area contributed by atoms with Crippen LogP contribution in [0.5, 0.6) is 0 Å². The average molecular weight is 462 g/mol. The van der Waals surface area contributed by atoms with Crippen LogP contribution in [0.3, 0.4) is 0 Å². The van der Waals surface area contributed by atoms with E-state index in [1.54, 1.807) is 13.8 Å². The highest BCUT2D eigenvalue weighted by molar-refractivity contribution is 7.92. The topological polar surface area (TPSA) is 144 Å². The molecule has 2 aromatic carbocycles. The number of nitro benzene ring substituents is 1. The SMILES string of the molecule is Cc1cc(NS(=O)(=O)c2ccc(NC(=O)c3ccc(Cl)c([N+](=O)[O-])c3)cc2)nc(C)n1. The van der Waals surface area contributed by atoms with Crippen molar-refractivity contribution in [3.8, 4) is 0 Å². The van der Waals surface area contributed by atoms with Gasteiger partial charge in [0.25, 0.3) is 21.6 Å². The lowest BCUT2D eigenvalue weighted by Gasteiger charge is -2.10. The molecule has 0 saturated heterocycles. The number of nitrogens with one attached hydrogen (secondary N) is 2. The summed E-state index contributed by atoms with van der Waals surface area (Å²) in [6.45, 7) is 3.37. The van der Waals surface area contributed by atoms with Gasteiger partial charge in [-0.3, -0.25) is 19.6 Å². The molecule has 1 amide bonds. The van der Waals surface area contributed by atoms with E-state index in [-0.39, 0.29) is 21.3 Å². The van der Waals surface area contributed by atoms with Crippen molar-refractivity contribution in [1.29, 1.82) is 0 Å². The average Bonchev–Trinajstić information content (AvgIpc) is 2.67. The van der Waals surface area contributed by atoms with Gasteiger partial charge in [0.2, 0.25) is 0 Å². The number of carbonyl (C=O) groups excluding carboxylic acids is 1. The Kier molecular flexibility index (Phi) is 6.18. The highest BCUT2D eigenvalue weighted by Gasteiger charge is 2.18. The van der Waals surface area contributed by atoms with Gasteiger partial charge in [0, 0.05) is 29.1 Å². The van der Waals surface area contributed by atoms with E-state index in [0.717, 1.165) is 6.07 Å². The minimum absolute atomic E-state index is 0.0314. The lowest BCUT2D eigenvalue weighted by molar-refractivity contribution is -0.384. The molecule has 3 aromatic rings. The lowest BCUT2D eigenvalue weighted by atomic mass is 10.2. The zero-order chi connectivity index (χ0) is 22.8. The van der Waals surface area contributed by atoms with Crippen LogP contribution in [0.2, 0.25) is 5.02 Å². The highest BCUT2D eigenvalue weighted by atomic mass is 35.5. The minimum Gasteiger partial charge on any atom is -0.322 e. The van der Waals surface area contributed by atoms with E-state index < -0.39 is 26.5 Å². The van der Waals surface area contributed by atoms with Gasteiger partial charge >= 0.3 is 0 Å². The minimum atomic E-state index is -3.91. The van der Waals surface area contributed by atoms with E-state index in [1.807, 2.05) is 0 Å². The Labute approximate surface area is 182 Å². The van der Waals surface area contributed by atoms with Gasteiger partial charge in [0.15, 0.2) is 0 Å². The second-order valence-corrected chi connectivity index (χ2v) is 8.54. The summed E-state index contributed by atoms with van der Waals surface area (Å²) in [6, 6.07) is 10.6. The van der Waals surface area contributed by atoms with Crippen LogP contribution in [-0.4, -0.2) is 29.2 Å². The van der Waals surface area contributed by atoms with Gasteiger partial charge in [-0.15, -0.1) is 0 Å². The van der Waals surface area contributed by atoms with Crippen molar-refractivity contribution in [3.05, 3.63) is 80.7 Å². The van der Waals surface area contributed by atoms with Crippen LogP contribution in [0.15, 0.2) is 53.4 Å². The number of aromatic nitrogens is 2. The number of nitro groups is 1. The largest absolute Gasteiger partial charge is 0.322 e. The second-order valence-electron chi connectivity index (χ2n) is 6.45. The predicted molar refractivity (Wildman–Crippen MR) is 115 cm³/mol. The third-order valence-electron chi connectivity index (χ3n) is 4.03. The smallest absolute Gasteiger partial charge is 0.288 e. The van der Waals surface area contributed by atoms with E-state index in [4.69, 9.17) is 11.6 Å². The van der Waals surface area contributed by atoms with Crippen molar-refractivity contribution < 1.29 is 18.1 Å². The molecule has 0 unspecified atom stereocenters. The summed E-state index contributed by atoms with van der Waals surface area (Å²) in [5.41, 5.74) is 0.557. The first-order valence-corrected chi connectivity index (χ1v) is 10.6. The van der Waals surface area contributed by atoms with Crippen LogP contribution in [0.1, 0.15) is 21.9 Å². The maximum Gasteiger partial charge on any atom is 0.288 e. The Hall–Kier alpha value is -3.57. The second kappa shape index (κ2) is 8.66. The number of hydrogen-bond donors (Lipinski definition) is 2. The standard InChI is InChI=1S/C19H16ClN5O5S/c1-11-9-18(22-12(2)21-11)24-31(29,30)15-6-4-14(5-7-15)23-19(26)13-3-8-16(20)17(10-13)25(27)28/h3-10H,1-2H3,(H,23,26)(H,21,22,24). The van der Waals surface area contributed by atoms with Gasteiger partial charge in [-0.25, -0.2) is 18.4 Å². The molecule has 0 fully saturated rings. The Balaban J connectivity index is 1.76. The fourth-order valence-corrected chi connectivity index (χ4v) is 3.86. The number of aryl methyl sites for hydroxylation is 2. The molecular weight excluding hydrogens is 446 g/mol. The summed E-state index contributed by atoms with van der Waals surface area (Å²) in [5.74, 6) is -0.0367. The first-order chi connectivity index (χ1) is 14.5. The zero-order valence-electron chi connectivity index (χ0n) is 16.3. The maximum atomic E-state index is 12.6. The molecule has 3 rings (SSSR count). The summed E-state index contributed by atoms with van der Waals surface area (Å²) in [7, 11) is -3.91. The number of hydrogen-bond acceptors (Lipinski definition) is 7. The van der Waals surface area contributed by atoms with E-state index in [2.05, 4.69) is 20.0 Å². The third-order valence-corrected chi connectivity index (χ3v) is 5.72. The Morgan fingerprint density at radius 2 is 1.74 bits per heavy atom. The summed E-state index contributed by atoms with van der Waals surface area (Å²) in [4.78, 5) is 30.7. The van der Waals surface area contributed by atoms with Crippen LogP contribution < -0.4 is 10.0 Å². The van der Waals surface area contributed by atoms with Crippen molar-refractivity contribution >= 4 is 44.7 Å². The fourth-order valence-electron chi connectivity index (χ4n) is 2.68. The van der Waals surface area contributed by atoms with E-state index in [9.17, 15) is 23.3 Å². The molecule has 0 saturated carbocycles. The van der Waals surface area contributed by atoms with E-state index in [0.29, 0.717) is 17.2 Å². The monoisotopic (exact) mass is 461 g/mol. The predicted octanol–water partition coefficient (Wildman–Crippen LogP) is 3.71. The molecule has 160 valence electrons. The zero-order valence-corrected chi connectivity index (χ0v) is 17.9. The number of rotatable bonds is 6. The summed E-state index contributed by atoms with van der Waals surface area (Å²) < 4.78 is 27.5. The van der Waals surface area contributed by atoms with Crippen molar-refractivity contribution in [2.24, 2.45) is 0 Å². The first kappa shape index (κ1) is 22.1. The van der Waals surface area contributed by atoms with Crippen LogP contribution in [0, 0.1) is 24.0 Å². The summed E-state index contributed by atoms with van der Waals surface area (Å²) >= 11 is 5.75. The number of carbonyl (C=O) groups is 1. The molecule has 0 aliphatic rings. The van der Waals surface area contributed by atoms with Gasteiger partial charge in [0.05, 0.1) is 9.82 Å². The molecule has 0 bridgehead atoms. The van der Waals surface area contributed by atoms with Gasteiger partial charge in [0.1, 0.15) is 16.7 Å². The number of anilines is 2. The Bertz CT molecular complexity index is 1260. The number of sulfonamides is 1. The molecular formula is C19H16ClN5O5S. The summed E-state index contributed by atoms with van der Waals surface area (Å²) in [5, 5.41) is 13.4. The van der Waals surface area contributed by atoms with Gasteiger partial charge in [-0.05, 0) is 50.2 Å². The number of nitrogens with zero attached hydrogens (tertiary/aromatic N) is 3. The molecule has 31 heavy (non-hydrogen) atoms. The van der Waals surface area contributed by atoms with Crippen molar-refractivity contribution in [2.45, 2.75) is 18.7 Å². The van der Waals surface area contributed by atoms with Crippen LogP contribution in [0.4, 0.5) is 17.2 Å². The van der Waals surface area contributed by atoms with E-state index in [1.165, 1.54) is 42.5 Å². The Morgan fingerprint density at radius 1 is 1.06 bits per heavy atom.